The van der Waals surface area contributed by atoms with Crippen LogP contribution < -0.4 is 10.1 Å². The van der Waals surface area contributed by atoms with E-state index in [1.165, 1.54) is 6.07 Å². The Balaban J connectivity index is 2.80. The van der Waals surface area contributed by atoms with E-state index in [-0.39, 0.29) is 17.4 Å². The van der Waals surface area contributed by atoms with Gasteiger partial charge in [0.1, 0.15) is 0 Å². The van der Waals surface area contributed by atoms with E-state index in [1.54, 1.807) is 19.1 Å². The van der Waals surface area contributed by atoms with Gasteiger partial charge in [-0.05, 0) is 18.9 Å². The summed E-state index contributed by atoms with van der Waals surface area (Å²) in [5.74, 6) is 0.383. The lowest BCUT2D eigenvalue weighted by Crippen LogP contribution is -2.24. The Morgan fingerprint density at radius 1 is 1.47 bits per heavy atom. The predicted octanol–water partition coefficient (Wildman–Crippen LogP) is 2.42. The molecule has 0 aromatic heterocycles. The number of aliphatic hydroxyl groups excluding tert-OH is 1. The minimum Gasteiger partial charge on any atom is -0.487 e. The zero-order valence-corrected chi connectivity index (χ0v) is 11.4. The lowest BCUT2D eigenvalue weighted by molar-refractivity contribution is -0.385. The first-order chi connectivity index (χ1) is 8.95. The van der Waals surface area contributed by atoms with E-state index in [0.29, 0.717) is 18.8 Å². The summed E-state index contributed by atoms with van der Waals surface area (Å²) < 4.78 is 5.25. The van der Waals surface area contributed by atoms with Crippen molar-refractivity contribution in [1.82, 2.24) is 0 Å². The molecule has 0 aliphatic rings. The molecule has 0 radical (unpaired) electrons. The molecule has 1 atom stereocenters. The Morgan fingerprint density at radius 3 is 2.68 bits per heavy atom. The highest BCUT2D eigenvalue weighted by Crippen LogP contribution is 2.30. The normalized spacial score (nSPS) is 12.3. The molecule has 6 heteroatoms. The first-order valence-corrected chi connectivity index (χ1v) is 6.28. The van der Waals surface area contributed by atoms with Gasteiger partial charge in [-0.25, -0.2) is 0 Å². The molecular weight excluding hydrogens is 248 g/mol. The molecule has 0 saturated carbocycles. The molecule has 1 aromatic carbocycles. The number of anilines is 1. The third-order valence-corrected chi connectivity index (χ3v) is 2.74. The molecule has 19 heavy (non-hydrogen) atoms. The van der Waals surface area contributed by atoms with Crippen LogP contribution in [0.3, 0.4) is 0 Å². The summed E-state index contributed by atoms with van der Waals surface area (Å²) in [5.41, 5.74) is 0.630. The van der Waals surface area contributed by atoms with Gasteiger partial charge in [-0.3, -0.25) is 10.1 Å². The van der Waals surface area contributed by atoms with Gasteiger partial charge in [-0.1, -0.05) is 13.8 Å². The number of ether oxygens (including phenoxy) is 1. The van der Waals surface area contributed by atoms with Gasteiger partial charge in [0.15, 0.2) is 5.75 Å². The molecule has 2 N–H and O–H groups in total. The Labute approximate surface area is 112 Å². The lowest BCUT2D eigenvalue weighted by atomic mass is 10.1. The van der Waals surface area contributed by atoms with E-state index in [9.17, 15) is 15.2 Å². The topological polar surface area (TPSA) is 84.6 Å². The minimum absolute atomic E-state index is 0.0585. The predicted molar refractivity (Wildman–Crippen MR) is 73.6 cm³/mol. The average Bonchev–Trinajstić information content (AvgIpc) is 2.36. The van der Waals surface area contributed by atoms with E-state index in [1.807, 2.05) is 13.8 Å². The van der Waals surface area contributed by atoms with Crippen LogP contribution in [0.5, 0.6) is 5.75 Å². The third kappa shape index (κ3) is 4.40. The summed E-state index contributed by atoms with van der Waals surface area (Å²) in [4.78, 5) is 10.4. The Kier molecular flexibility index (Phi) is 5.57. The fraction of sp³-hybridized carbons (Fsp3) is 0.538. The van der Waals surface area contributed by atoms with Gasteiger partial charge in [0.05, 0.1) is 17.6 Å². The highest BCUT2D eigenvalue weighted by molar-refractivity contribution is 5.58. The Morgan fingerprint density at radius 2 is 2.16 bits per heavy atom. The molecule has 106 valence electrons. The van der Waals surface area contributed by atoms with Crippen molar-refractivity contribution in [2.75, 3.05) is 18.5 Å². The fourth-order valence-corrected chi connectivity index (χ4v) is 1.50. The van der Waals surface area contributed by atoms with E-state index in [0.717, 1.165) is 0 Å². The largest absolute Gasteiger partial charge is 0.487 e. The van der Waals surface area contributed by atoms with Gasteiger partial charge in [0.2, 0.25) is 0 Å². The number of benzene rings is 1. The van der Waals surface area contributed by atoms with Gasteiger partial charge >= 0.3 is 5.69 Å². The van der Waals surface area contributed by atoms with Crippen LogP contribution in [0.15, 0.2) is 18.2 Å². The SMILES string of the molecule is CCOc1cc(NCC(O)C(C)C)ccc1[N+](=O)[O-]. The fourth-order valence-electron chi connectivity index (χ4n) is 1.50. The van der Waals surface area contributed by atoms with Crippen molar-refractivity contribution in [3.63, 3.8) is 0 Å². The Bertz CT molecular complexity index is 435. The molecule has 0 aliphatic heterocycles. The van der Waals surface area contributed by atoms with Gasteiger partial charge in [0.25, 0.3) is 0 Å². The number of hydrogen-bond donors (Lipinski definition) is 2. The average molecular weight is 268 g/mol. The number of nitro benzene ring substituents is 1. The van der Waals surface area contributed by atoms with E-state index in [2.05, 4.69) is 5.32 Å². The number of nitrogens with one attached hydrogen (secondary N) is 1. The molecule has 0 bridgehead atoms. The maximum atomic E-state index is 10.8. The second-order valence-corrected chi connectivity index (χ2v) is 4.56. The van der Waals surface area contributed by atoms with Crippen LogP contribution >= 0.6 is 0 Å². The molecule has 0 amide bonds. The first kappa shape index (κ1) is 15.2. The van der Waals surface area contributed by atoms with Crippen molar-refractivity contribution in [3.8, 4) is 5.75 Å². The van der Waals surface area contributed by atoms with Crippen molar-refractivity contribution < 1.29 is 14.8 Å². The van der Waals surface area contributed by atoms with Crippen molar-refractivity contribution in [1.29, 1.82) is 0 Å². The van der Waals surface area contributed by atoms with Crippen LogP contribution in [0, 0.1) is 16.0 Å². The number of aliphatic hydroxyl groups is 1. The summed E-state index contributed by atoms with van der Waals surface area (Å²) in [6, 6.07) is 4.58. The molecule has 0 heterocycles. The molecule has 0 saturated heterocycles. The number of nitro groups is 1. The quantitative estimate of drug-likeness (QED) is 0.586. The van der Waals surface area contributed by atoms with Crippen LogP contribution in [0.2, 0.25) is 0 Å². The zero-order valence-electron chi connectivity index (χ0n) is 11.4. The second-order valence-electron chi connectivity index (χ2n) is 4.56. The maximum Gasteiger partial charge on any atom is 0.311 e. The Hall–Kier alpha value is -1.82. The van der Waals surface area contributed by atoms with E-state index >= 15 is 0 Å². The maximum absolute atomic E-state index is 10.8. The molecule has 1 aromatic rings. The third-order valence-electron chi connectivity index (χ3n) is 2.74. The molecular formula is C13H20N2O4. The van der Waals surface area contributed by atoms with Gasteiger partial charge in [0, 0.05) is 24.4 Å². The molecule has 0 spiro atoms. The zero-order chi connectivity index (χ0) is 14.4. The highest BCUT2D eigenvalue weighted by Gasteiger charge is 2.16. The molecule has 0 fully saturated rings. The molecule has 0 aliphatic carbocycles. The standard InChI is InChI=1S/C13H20N2O4/c1-4-19-13-7-10(5-6-11(13)15(17)18)14-8-12(16)9(2)3/h5-7,9,12,14,16H,4,8H2,1-3H3. The van der Waals surface area contributed by atoms with Crippen LogP contribution in [-0.2, 0) is 0 Å². The van der Waals surface area contributed by atoms with E-state index < -0.39 is 11.0 Å². The first-order valence-electron chi connectivity index (χ1n) is 6.28. The number of hydrogen-bond acceptors (Lipinski definition) is 5. The molecule has 6 nitrogen and oxygen atoms in total. The number of nitrogens with zero attached hydrogens (tertiary/aromatic N) is 1. The smallest absolute Gasteiger partial charge is 0.311 e. The van der Waals surface area contributed by atoms with Crippen LogP contribution in [0.1, 0.15) is 20.8 Å². The van der Waals surface area contributed by atoms with Gasteiger partial charge < -0.3 is 15.2 Å². The number of rotatable bonds is 7. The summed E-state index contributed by atoms with van der Waals surface area (Å²) in [5, 5.41) is 23.6. The highest BCUT2D eigenvalue weighted by atomic mass is 16.6. The monoisotopic (exact) mass is 268 g/mol. The van der Waals surface area contributed by atoms with E-state index in [4.69, 9.17) is 4.74 Å². The second kappa shape index (κ2) is 6.94. The van der Waals surface area contributed by atoms with Crippen molar-refractivity contribution >= 4 is 11.4 Å². The van der Waals surface area contributed by atoms with Gasteiger partial charge in [-0.2, -0.15) is 0 Å². The van der Waals surface area contributed by atoms with Crippen molar-refractivity contribution in [3.05, 3.63) is 28.3 Å². The van der Waals surface area contributed by atoms with Crippen LogP contribution in [0.25, 0.3) is 0 Å². The van der Waals surface area contributed by atoms with Gasteiger partial charge in [-0.15, -0.1) is 0 Å². The van der Waals surface area contributed by atoms with Crippen molar-refractivity contribution in [2.24, 2.45) is 5.92 Å². The summed E-state index contributed by atoms with van der Waals surface area (Å²) >= 11 is 0. The minimum atomic E-state index is -0.474. The van der Waals surface area contributed by atoms with Crippen LogP contribution in [0.4, 0.5) is 11.4 Å². The summed E-state index contributed by atoms with van der Waals surface area (Å²) in [7, 11) is 0. The van der Waals surface area contributed by atoms with Crippen molar-refractivity contribution in [2.45, 2.75) is 26.9 Å². The summed E-state index contributed by atoms with van der Waals surface area (Å²) in [6.07, 6.45) is -0.467. The molecule has 1 rings (SSSR count). The molecule has 1 unspecified atom stereocenters. The lowest BCUT2D eigenvalue weighted by Gasteiger charge is -2.16. The van der Waals surface area contributed by atoms with Crippen LogP contribution in [-0.4, -0.2) is 29.3 Å². The summed E-state index contributed by atoms with van der Waals surface area (Å²) in [6.45, 7) is 6.37.